The monoisotopic (exact) mass is 247 g/mol. The number of aromatic nitrogens is 2. The lowest BCUT2D eigenvalue weighted by atomic mass is 10.2. The molecule has 92 valence electrons. The first-order chi connectivity index (χ1) is 8.49. The normalized spacial score (nSPS) is 11.1. The van der Waals surface area contributed by atoms with Crippen LogP contribution in [-0.4, -0.2) is 32.6 Å². The van der Waals surface area contributed by atoms with Crippen molar-refractivity contribution in [2.45, 2.75) is 19.5 Å². The molecule has 0 aromatic carbocycles. The number of hydrogen-bond donors (Lipinski definition) is 2. The summed E-state index contributed by atoms with van der Waals surface area (Å²) in [4.78, 5) is 25.4. The first-order valence-corrected chi connectivity index (χ1v) is 4.84. The molecule has 8 nitrogen and oxygen atoms in total. The SMILES string of the molecule is CC(=O)NC(Cn1cnc(C#N)c1C#N)C(=O)O. The number of nitriles is 2. The van der Waals surface area contributed by atoms with E-state index in [9.17, 15) is 9.59 Å². The zero-order valence-electron chi connectivity index (χ0n) is 9.41. The van der Waals surface area contributed by atoms with E-state index in [1.165, 1.54) is 17.8 Å². The first-order valence-electron chi connectivity index (χ1n) is 4.84. The van der Waals surface area contributed by atoms with Crippen molar-refractivity contribution >= 4 is 11.9 Å². The summed E-state index contributed by atoms with van der Waals surface area (Å²) >= 11 is 0. The van der Waals surface area contributed by atoms with Gasteiger partial charge in [0.15, 0.2) is 11.4 Å². The van der Waals surface area contributed by atoms with Crippen LogP contribution in [0.15, 0.2) is 6.33 Å². The standard InChI is InChI=1S/C10H9N5O3/c1-6(16)14-8(10(17)18)4-15-5-13-7(2-11)9(15)3-12/h5,8H,4H2,1H3,(H,14,16)(H,17,18). The molecule has 1 atom stereocenters. The Kier molecular flexibility index (Phi) is 4.00. The third-order valence-corrected chi connectivity index (χ3v) is 2.10. The summed E-state index contributed by atoms with van der Waals surface area (Å²) in [6.45, 7) is 1.02. The maximum atomic E-state index is 10.9. The van der Waals surface area contributed by atoms with E-state index in [0.29, 0.717) is 0 Å². The number of nitrogens with one attached hydrogen (secondary N) is 1. The smallest absolute Gasteiger partial charge is 0.328 e. The molecular weight excluding hydrogens is 238 g/mol. The zero-order chi connectivity index (χ0) is 13.7. The van der Waals surface area contributed by atoms with Crippen molar-refractivity contribution < 1.29 is 14.7 Å². The Hall–Kier alpha value is -2.87. The van der Waals surface area contributed by atoms with Crippen LogP contribution in [0.3, 0.4) is 0 Å². The van der Waals surface area contributed by atoms with Gasteiger partial charge in [-0.1, -0.05) is 0 Å². The second kappa shape index (κ2) is 5.46. The highest BCUT2D eigenvalue weighted by molar-refractivity contribution is 5.81. The lowest BCUT2D eigenvalue weighted by Crippen LogP contribution is -2.42. The molecule has 0 aliphatic heterocycles. The summed E-state index contributed by atoms with van der Waals surface area (Å²) in [6, 6.07) is 2.30. The van der Waals surface area contributed by atoms with Gasteiger partial charge in [-0.05, 0) is 0 Å². The molecule has 1 heterocycles. The van der Waals surface area contributed by atoms with Crippen molar-refractivity contribution in [2.24, 2.45) is 0 Å². The number of amides is 1. The van der Waals surface area contributed by atoms with Gasteiger partial charge in [-0.25, -0.2) is 9.78 Å². The van der Waals surface area contributed by atoms with E-state index < -0.39 is 17.9 Å². The summed E-state index contributed by atoms with van der Waals surface area (Å²) < 4.78 is 1.22. The van der Waals surface area contributed by atoms with E-state index in [1.807, 2.05) is 0 Å². The fourth-order valence-electron chi connectivity index (χ4n) is 1.35. The van der Waals surface area contributed by atoms with Crippen molar-refractivity contribution in [3.63, 3.8) is 0 Å². The van der Waals surface area contributed by atoms with Crippen LogP contribution in [0, 0.1) is 22.7 Å². The largest absolute Gasteiger partial charge is 0.480 e. The van der Waals surface area contributed by atoms with Gasteiger partial charge >= 0.3 is 5.97 Å². The zero-order valence-corrected chi connectivity index (χ0v) is 9.41. The van der Waals surface area contributed by atoms with E-state index in [-0.39, 0.29) is 17.9 Å². The van der Waals surface area contributed by atoms with Gasteiger partial charge in [-0.2, -0.15) is 10.5 Å². The van der Waals surface area contributed by atoms with Gasteiger partial charge in [0.05, 0.1) is 12.9 Å². The molecule has 0 radical (unpaired) electrons. The number of hydrogen-bond acceptors (Lipinski definition) is 5. The molecule has 0 saturated heterocycles. The lowest BCUT2D eigenvalue weighted by Gasteiger charge is -2.14. The van der Waals surface area contributed by atoms with Gasteiger partial charge in [0.25, 0.3) is 0 Å². The average Bonchev–Trinajstić information content (AvgIpc) is 2.69. The Morgan fingerprint density at radius 3 is 2.67 bits per heavy atom. The van der Waals surface area contributed by atoms with E-state index >= 15 is 0 Å². The van der Waals surface area contributed by atoms with Gasteiger partial charge in [0, 0.05) is 6.92 Å². The second-order valence-electron chi connectivity index (χ2n) is 3.41. The predicted molar refractivity (Wildman–Crippen MR) is 56.9 cm³/mol. The molecule has 1 rings (SSSR count). The maximum Gasteiger partial charge on any atom is 0.328 e. The molecule has 0 saturated carbocycles. The van der Waals surface area contributed by atoms with Gasteiger partial charge in [-0.3, -0.25) is 4.79 Å². The molecule has 1 aromatic heterocycles. The fourth-order valence-corrected chi connectivity index (χ4v) is 1.35. The number of aliphatic carboxylic acids is 1. The van der Waals surface area contributed by atoms with Crippen LogP contribution in [0.1, 0.15) is 18.3 Å². The summed E-state index contributed by atoms with van der Waals surface area (Å²) in [7, 11) is 0. The van der Waals surface area contributed by atoms with Gasteiger partial charge in [0.2, 0.25) is 5.91 Å². The molecule has 0 spiro atoms. The summed E-state index contributed by atoms with van der Waals surface area (Å²) in [5.41, 5.74) is -0.112. The number of carbonyl (C=O) groups excluding carboxylic acids is 1. The molecule has 18 heavy (non-hydrogen) atoms. The number of carboxylic acid groups (broad SMARTS) is 1. The molecule has 2 N–H and O–H groups in total. The molecule has 0 bridgehead atoms. The van der Waals surface area contributed by atoms with Gasteiger partial charge in [0.1, 0.15) is 18.2 Å². The highest BCUT2D eigenvalue weighted by atomic mass is 16.4. The second-order valence-corrected chi connectivity index (χ2v) is 3.41. The topological polar surface area (TPSA) is 132 Å². The van der Waals surface area contributed by atoms with Crippen LogP contribution in [0.25, 0.3) is 0 Å². The number of rotatable bonds is 4. The van der Waals surface area contributed by atoms with E-state index in [4.69, 9.17) is 15.6 Å². The number of carbonyl (C=O) groups is 2. The Balaban J connectivity index is 2.99. The van der Waals surface area contributed by atoms with Crippen molar-refractivity contribution in [2.75, 3.05) is 0 Å². The van der Waals surface area contributed by atoms with Crippen LogP contribution in [0.5, 0.6) is 0 Å². The Morgan fingerprint density at radius 1 is 1.56 bits per heavy atom. The average molecular weight is 247 g/mol. The summed E-state index contributed by atoms with van der Waals surface area (Å²) in [5, 5.41) is 28.7. The van der Waals surface area contributed by atoms with E-state index in [0.717, 1.165) is 0 Å². The summed E-state index contributed by atoms with van der Waals surface area (Å²) in [6.07, 6.45) is 1.19. The van der Waals surface area contributed by atoms with Gasteiger partial charge < -0.3 is 15.0 Å². The molecule has 1 unspecified atom stereocenters. The third kappa shape index (κ3) is 2.83. The molecule has 0 fully saturated rings. The number of imidazole rings is 1. The molecule has 0 aliphatic rings. The minimum atomic E-state index is -1.23. The van der Waals surface area contributed by atoms with Crippen LogP contribution in [0.4, 0.5) is 0 Å². The quantitative estimate of drug-likeness (QED) is 0.716. The van der Waals surface area contributed by atoms with Crippen LogP contribution >= 0.6 is 0 Å². The minimum Gasteiger partial charge on any atom is -0.480 e. The van der Waals surface area contributed by atoms with Crippen molar-refractivity contribution in [3.8, 4) is 12.1 Å². The maximum absolute atomic E-state index is 10.9. The first kappa shape index (κ1) is 13.2. The predicted octanol–water partition coefficient (Wildman–Crippen LogP) is -0.784. The molecule has 1 aromatic rings. The van der Waals surface area contributed by atoms with Crippen molar-refractivity contribution in [1.29, 1.82) is 10.5 Å². The van der Waals surface area contributed by atoms with Crippen LogP contribution in [0.2, 0.25) is 0 Å². The van der Waals surface area contributed by atoms with Gasteiger partial charge in [-0.15, -0.1) is 0 Å². The number of carboxylic acids is 1. The minimum absolute atomic E-state index is 0.0332. The van der Waals surface area contributed by atoms with Crippen LogP contribution < -0.4 is 5.32 Å². The van der Waals surface area contributed by atoms with Crippen molar-refractivity contribution in [3.05, 3.63) is 17.7 Å². The summed E-state index contributed by atoms with van der Waals surface area (Å²) in [5.74, 6) is -1.73. The lowest BCUT2D eigenvalue weighted by molar-refractivity contribution is -0.141. The number of nitrogens with zero attached hydrogens (tertiary/aromatic N) is 4. The Morgan fingerprint density at radius 2 is 2.22 bits per heavy atom. The van der Waals surface area contributed by atoms with Crippen molar-refractivity contribution in [1.82, 2.24) is 14.9 Å². The van der Waals surface area contributed by atoms with Crippen LogP contribution in [-0.2, 0) is 16.1 Å². The highest BCUT2D eigenvalue weighted by Crippen LogP contribution is 2.06. The molecule has 0 aliphatic carbocycles. The molecular formula is C10H9N5O3. The fraction of sp³-hybridized carbons (Fsp3) is 0.300. The molecule has 8 heteroatoms. The van der Waals surface area contributed by atoms with E-state index in [2.05, 4.69) is 10.3 Å². The molecule has 1 amide bonds. The van der Waals surface area contributed by atoms with E-state index in [1.54, 1.807) is 12.1 Å². The highest BCUT2D eigenvalue weighted by Gasteiger charge is 2.21. The third-order valence-electron chi connectivity index (χ3n) is 2.10. The Bertz CT molecular complexity index is 563. The Labute approximate surface area is 102 Å².